The fourth-order valence-electron chi connectivity index (χ4n) is 1.86. The third kappa shape index (κ3) is 2.32. The van der Waals surface area contributed by atoms with Crippen molar-refractivity contribution in [3.8, 4) is 5.75 Å². The van der Waals surface area contributed by atoms with Crippen molar-refractivity contribution in [2.45, 2.75) is 19.8 Å². The molecule has 2 rings (SSSR count). The standard InChI is InChI=1S/C14H17NO3/c1-3-4-9-18-13-10-14(16)15(17-2)12-8-6-5-7-11(12)13/h5-8,10H,3-4,9H2,1-2H3. The third-order valence-electron chi connectivity index (χ3n) is 2.78. The summed E-state index contributed by atoms with van der Waals surface area (Å²) in [6.45, 7) is 2.72. The number of unbranched alkanes of at least 4 members (excludes halogenated alkanes) is 1. The molecule has 4 nitrogen and oxygen atoms in total. The van der Waals surface area contributed by atoms with E-state index in [4.69, 9.17) is 9.57 Å². The van der Waals surface area contributed by atoms with Crippen molar-refractivity contribution in [2.75, 3.05) is 13.7 Å². The molecule has 1 aromatic carbocycles. The molecule has 18 heavy (non-hydrogen) atoms. The molecule has 4 heteroatoms. The number of hydrogen-bond acceptors (Lipinski definition) is 3. The van der Waals surface area contributed by atoms with E-state index in [2.05, 4.69) is 6.92 Å². The van der Waals surface area contributed by atoms with Crippen LogP contribution < -0.4 is 15.1 Å². The van der Waals surface area contributed by atoms with E-state index >= 15 is 0 Å². The number of benzene rings is 1. The monoisotopic (exact) mass is 247 g/mol. The van der Waals surface area contributed by atoms with Gasteiger partial charge in [-0.1, -0.05) is 25.5 Å². The maximum atomic E-state index is 11.9. The number of rotatable bonds is 5. The fourth-order valence-corrected chi connectivity index (χ4v) is 1.86. The van der Waals surface area contributed by atoms with Gasteiger partial charge in [-0.15, -0.1) is 4.73 Å². The van der Waals surface area contributed by atoms with Gasteiger partial charge in [0.25, 0.3) is 5.56 Å². The van der Waals surface area contributed by atoms with Crippen LogP contribution in [0.4, 0.5) is 0 Å². The van der Waals surface area contributed by atoms with E-state index in [0.29, 0.717) is 12.4 Å². The van der Waals surface area contributed by atoms with Gasteiger partial charge in [0.15, 0.2) is 0 Å². The number of fused-ring (bicyclic) bond motifs is 1. The zero-order chi connectivity index (χ0) is 13.0. The largest absolute Gasteiger partial charge is 0.493 e. The molecule has 0 fully saturated rings. The van der Waals surface area contributed by atoms with E-state index in [1.54, 1.807) is 0 Å². The highest BCUT2D eigenvalue weighted by molar-refractivity contribution is 5.85. The van der Waals surface area contributed by atoms with Gasteiger partial charge in [0, 0.05) is 11.5 Å². The first-order valence-corrected chi connectivity index (χ1v) is 6.10. The molecule has 0 spiro atoms. The number of pyridine rings is 1. The lowest BCUT2D eigenvalue weighted by Gasteiger charge is -2.12. The molecule has 1 heterocycles. The van der Waals surface area contributed by atoms with E-state index in [9.17, 15) is 4.79 Å². The van der Waals surface area contributed by atoms with Crippen LogP contribution in [0.5, 0.6) is 5.75 Å². The van der Waals surface area contributed by atoms with Crippen molar-refractivity contribution in [3.63, 3.8) is 0 Å². The second-order valence-electron chi connectivity index (χ2n) is 4.04. The highest BCUT2D eigenvalue weighted by Crippen LogP contribution is 2.23. The van der Waals surface area contributed by atoms with Crippen molar-refractivity contribution in [2.24, 2.45) is 0 Å². The normalized spacial score (nSPS) is 10.6. The summed E-state index contributed by atoms with van der Waals surface area (Å²) in [6, 6.07) is 9.02. The van der Waals surface area contributed by atoms with E-state index in [0.717, 1.165) is 23.7 Å². The maximum Gasteiger partial charge on any atom is 0.287 e. The van der Waals surface area contributed by atoms with Gasteiger partial charge in [-0.25, -0.2) is 0 Å². The quantitative estimate of drug-likeness (QED) is 0.761. The number of para-hydroxylation sites is 1. The van der Waals surface area contributed by atoms with Gasteiger partial charge in [0.05, 0.1) is 12.1 Å². The molecule has 0 radical (unpaired) electrons. The van der Waals surface area contributed by atoms with Crippen molar-refractivity contribution < 1.29 is 9.57 Å². The Morgan fingerprint density at radius 1 is 1.28 bits per heavy atom. The Bertz CT molecular complexity index is 589. The molecule has 0 saturated carbocycles. The molecule has 2 aromatic rings. The average molecular weight is 247 g/mol. The van der Waals surface area contributed by atoms with Crippen LogP contribution in [-0.4, -0.2) is 18.4 Å². The van der Waals surface area contributed by atoms with Crippen LogP contribution in [0.2, 0.25) is 0 Å². The molecule has 0 amide bonds. The predicted octanol–water partition coefficient (Wildman–Crippen LogP) is 2.24. The molecular formula is C14H17NO3. The highest BCUT2D eigenvalue weighted by Gasteiger charge is 2.09. The van der Waals surface area contributed by atoms with E-state index in [1.807, 2.05) is 24.3 Å². The minimum atomic E-state index is -0.220. The third-order valence-corrected chi connectivity index (χ3v) is 2.78. The summed E-state index contributed by atoms with van der Waals surface area (Å²) < 4.78 is 6.94. The average Bonchev–Trinajstić information content (AvgIpc) is 2.39. The second-order valence-corrected chi connectivity index (χ2v) is 4.04. The smallest absolute Gasteiger partial charge is 0.287 e. The van der Waals surface area contributed by atoms with Gasteiger partial charge in [-0.05, 0) is 18.6 Å². The van der Waals surface area contributed by atoms with Crippen LogP contribution >= 0.6 is 0 Å². The van der Waals surface area contributed by atoms with Crippen LogP contribution in [-0.2, 0) is 0 Å². The van der Waals surface area contributed by atoms with Crippen molar-refractivity contribution in [1.29, 1.82) is 0 Å². The van der Waals surface area contributed by atoms with Crippen LogP contribution in [0.25, 0.3) is 10.9 Å². The molecule has 96 valence electrons. The molecule has 0 aliphatic heterocycles. The summed E-state index contributed by atoms with van der Waals surface area (Å²) in [7, 11) is 1.48. The summed E-state index contributed by atoms with van der Waals surface area (Å²) in [6.07, 6.45) is 2.04. The maximum absolute atomic E-state index is 11.9. The summed E-state index contributed by atoms with van der Waals surface area (Å²) in [4.78, 5) is 17.0. The fraction of sp³-hybridized carbons (Fsp3) is 0.357. The van der Waals surface area contributed by atoms with Gasteiger partial charge >= 0.3 is 0 Å². The lowest BCUT2D eigenvalue weighted by atomic mass is 10.2. The molecular weight excluding hydrogens is 230 g/mol. The molecule has 0 saturated heterocycles. The Kier molecular flexibility index (Phi) is 3.87. The molecule has 0 aliphatic carbocycles. The number of hydrogen-bond donors (Lipinski definition) is 0. The first-order chi connectivity index (χ1) is 8.77. The summed E-state index contributed by atoms with van der Waals surface area (Å²) in [5.74, 6) is 0.623. The number of aromatic nitrogens is 1. The highest BCUT2D eigenvalue weighted by atomic mass is 16.6. The SMILES string of the molecule is CCCCOc1cc(=O)n(OC)c2ccccc12. The lowest BCUT2D eigenvalue weighted by Crippen LogP contribution is -2.24. The van der Waals surface area contributed by atoms with Crippen molar-refractivity contribution in [1.82, 2.24) is 4.73 Å². The van der Waals surface area contributed by atoms with Crippen molar-refractivity contribution in [3.05, 3.63) is 40.7 Å². The second kappa shape index (κ2) is 5.58. The van der Waals surface area contributed by atoms with Crippen LogP contribution in [0.1, 0.15) is 19.8 Å². The topological polar surface area (TPSA) is 40.5 Å². The molecule has 0 N–H and O–H groups in total. The minimum absolute atomic E-state index is 0.220. The Morgan fingerprint density at radius 3 is 2.78 bits per heavy atom. The van der Waals surface area contributed by atoms with E-state index in [-0.39, 0.29) is 5.56 Å². The Balaban J connectivity index is 2.50. The van der Waals surface area contributed by atoms with Crippen LogP contribution in [0.3, 0.4) is 0 Å². The van der Waals surface area contributed by atoms with Crippen LogP contribution in [0.15, 0.2) is 35.1 Å². The van der Waals surface area contributed by atoms with Gasteiger partial charge in [0.2, 0.25) is 0 Å². The number of nitrogens with zero attached hydrogens (tertiary/aromatic N) is 1. The Morgan fingerprint density at radius 2 is 2.06 bits per heavy atom. The van der Waals surface area contributed by atoms with Gasteiger partial charge in [-0.3, -0.25) is 4.79 Å². The van der Waals surface area contributed by atoms with E-state index < -0.39 is 0 Å². The first kappa shape index (κ1) is 12.5. The summed E-state index contributed by atoms with van der Waals surface area (Å²) in [5, 5.41) is 0.884. The van der Waals surface area contributed by atoms with Crippen molar-refractivity contribution >= 4 is 10.9 Å². The Hall–Kier alpha value is -1.97. The zero-order valence-corrected chi connectivity index (χ0v) is 10.7. The minimum Gasteiger partial charge on any atom is -0.493 e. The summed E-state index contributed by atoms with van der Waals surface area (Å²) in [5.41, 5.74) is 0.502. The Labute approximate surface area is 106 Å². The summed E-state index contributed by atoms with van der Waals surface area (Å²) >= 11 is 0. The van der Waals surface area contributed by atoms with Gasteiger partial charge in [0.1, 0.15) is 12.9 Å². The van der Waals surface area contributed by atoms with E-state index in [1.165, 1.54) is 17.9 Å². The molecule has 0 aliphatic rings. The zero-order valence-electron chi connectivity index (χ0n) is 10.7. The predicted molar refractivity (Wildman–Crippen MR) is 71.1 cm³/mol. The van der Waals surface area contributed by atoms with Gasteiger partial charge in [-0.2, -0.15) is 0 Å². The molecule has 0 atom stereocenters. The lowest BCUT2D eigenvalue weighted by molar-refractivity contribution is 0.168. The van der Waals surface area contributed by atoms with Crippen LogP contribution in [0, 0.1) is 0 Å². The molecule has 0 bridgehead atoms. The van der Waals surface area contributed by atoms with Gasteiger partial charge < -0.3 is 9.57 Å². The molecule has 1 aromatic heterocycles. The number of ether oxygens (including phenoxy) is 1. The first-order valence-electron chi connectivity index (χ1n) is 6.10. The molecule has 0 unspecified atom stereocenters.